The summed E-state index contributed by atoms with van der Waals surface area (Å²) < 4.78 is 25.3. The van der Waals surface area contributed by atoms with Crippen molar-refractivity contribution in [2.24, 2.45) is 0 Å². The van der Waals surface area contributed by atoms with Crippen molar-refractivity contribution in [1.82, 2.24) is 4.98 Å². The average molecular weight is 315 g/mol. The molecule has 0 aliphatic rings. The van der Waals surface area contributed by atoms with Crippen molar-refractivity contribution in [2.75, 3.05) is 0 Å². The maximum absolute atomic E-state index is 12.6. The van der Waals surface area contributed by atoms with Crippen molar-refractivity contribution in [2.45, 2.75) is 18.2 Å². The Morgan fingerprint density at radius 3 is 2.62 bits per heavy atom. The second kappa shape index (κ2) is 5.54. The van der Waals surface area contributed by atoms with E-state index in [-0.39, 0.29) is 21.6 Å². The lowest BCUT2D eigenvalue weighted by atomic mass is 10.0. The van der Waals surface area contributed by atoms with Crippen LogP contribution in [-0.2, 0) is 16.5 Å². The zero-order valence-corrected chi connectivity index (χ0v) is 10.2. The van der Waals surface area contributed by atoms with E-state index in [9.17, 15) is 13.6 Å². The first-order chi connectivity index (χ1) is 7.47. The van der Waals surface area contributed by atoms with Crippen LogP contribution in [0.3, 0.4) is 0 Å². The molecule has 1 aromatic heterocycles. The minimum atomic E-state index is -2.77. The number of rotatable bonds is 4. The van der Waals surface area contributed by atoms with Gasteiger partial charge in [0.05, 0.1) is 6.42 Å². The predicted octanol–water partition coefficient (Wildman–Crippen LogP) is 3.19. The summed E-state index contributed by atoms with van der Waals surface area (Å²) in [6, 6.07) is 0. The number of pyridine rings is 1. The fraction of sp³-hybridized carbons (Fsp3) is 0.333. The van der Waals surface area contributed by atoms with E-state index >= 15 is 0 Å². The van der Waals surface area contributed by atoms with E-state index < -0.39 is 18.8 Å². The molecule has 0 fully saturated rings. The average Bonchev–Trinajstić information content (AvgIpc) is 2.16. The quantitative estimate of drug-likeness (QED) is 0.686. The molecule has 1 aromatic rings. The van der Waals surface area contributed by atoms with Crippen LogP contribution < -0.4 is 0 Å². The van der Waals surface area contributed by atoms with Gasteiger partial charge in [0, 0.05) is 22.7 Å². The summed E-state index contributed by atoms with van der Waals surface area (Å²) >= 11 is 8.78. The highest BCUT2D eigenvalue weighted by molar-refractivity contribution is 9.08. The molecule has 0 radical (unpaired) electrons. The van der Waals surface area contributed by atoms with Gasteiger partial charge < -0.3 is 5.11 Å². The molecule has 0 bridgehead atoms. The smallest absolute Gasteiger partial charge is 0.307 e. The number of alkyl halides is 3. The van der Waals surface area contributed by atoms with Crippen LogP contribution >= 0.6 is 27.5 Å². The molecule has 0 spiro atoms. The Hall–Kier alpha value is -0.750. The maximum Gasteiger partial charge on any atom is 0.307 e. The summed E-state index contributed by atoms with van der Waals surface area (Å²) in [7, 11) is 0. The Bertz CT molecular complexity index is 415. The van der Waals surface area contributed by atoms with Gasteiger partial charge in [0.25, 0.3) is 6.43 Å². The van der Waals surface area contributed by atoms with Crippen molar-refractivity contribution in [3.05, 3.63) is 28.0 Å². The van der Waals surface area contributed by atoms with Gasteiger partial charge in [-0.1, -0.05) is 27.5 Å². The van der Waals surface area contributed by atoms with E-state index in [1.54, 1.807) is 0 Å². The highest BCUT2D eigenvalue weighted by atomic mass is 79.9. The summed E-state index contributed by atoms with van der Waals surface area (Å²) in [6.07, 6.45) is -2.35. The molecule has 0 aliphatic carbocycles. The van der Waals surface area contributed by atoms with Crippen molar-refractivity contribution in [3.8, 4) is 0 Å². The largest absolute Gasteiger partial charge is 0.481 e. The Kier molecular flexibility index (Phi) is 4.61. The van der Waals surface area contributed by atoms with Gasteiger partial charge in [0.2, 0.25) is 0 Å². The fourth-order valence-corrected chi connectivity index (χ4v) is 2.26. The van der Waals surface area contributed by atoms with E-state index in [4.69, 9.17) is 16.7 Å². The molecule has 1 N–H and O–H groups in total. The van der Waals surface area contributed by atoms with Crippen LogP contribution in [0.15, 0.2) is 6.20 Å². The Labute approximate surface area is 104 Å². The summed E-state index contributed by atoms with van der Waals surface area (Å²) in [5.74, 6) is -1.19. The normalized spacial score (nSPS) is 10.8. The molecular weight excluding hydrogens is 307 g/mol. The molecule has 0 saturated carbocycles. The molecule has 0 amide bonds. The minimum Gasteiger partial charge on any atom is -0.481 e. The topological polar surface area (TPSA) is 50.2 Å². The van der Waals surface area contributed by atoms with Crippen molar-refractivity contribution in [3.63, 3.8) is 0 Å². The lowest BCUT2D eigenvalue weighted by Crippen LogP contribution is -2.08. The van der Waals surface area contributed by atoms with Crippen molar-refractivity contribution in [1.29, 1.82) is 0 Å². The number of carboxylic acids is 1. The number of aliphatic carboxylic acids is 1. The summed E-state index contributed by atoms with van der Waals surface area (Å²) in [5.41, 5.74) is -0.0671. The molecule has 0 unspecified atom stereocenters. The Morgan fingerprint density at radius 1 is 1.56 bits per heavy atom. The first-order valence-electron chi connectivity index (χ1n) is 4.19. The van der Waals surface area contributed by atoms with Gasteiger partial charge in [0.1, 0.15) is 5.15 Å². The van der Waals surface area contributed by atoms with E-state index in [1.807, 2.05) is 0 Å². The molecule has 1 heterocycles. The zero-order chi connectivity index (χ0) is 12.3. The number of carboxylic acid groups (broad SMARTS) is 1. The van der Waals surface area contributed by atoms with Crippen LogP contribution in [0.2, 0.25) is 5.15 Å². The molecule has 16 heavy (non-hydrogen) atoms. The minimum absolute atomic E-state index is 0.0272. The van der Waals surface area contributed by atoms with Gasteiger partial charge in [-0.15, -0.1) is 0 Å². The van der Waals surface area contributed by atoms with Crippen LogP contribution in [0, 0.1) is 0 Å². The van der Waals surface area contributed by atoms with Crippen LogP contribution in [0.1, 0.15) is 23.1 Å². The monoisotopic (exact) mass is 313 g/mol. The number of aromatic nitrogens is 1. The third-order valence-electron chi connectivity index (χ3n) is 1.98. The van der Waals surface area contributed by atoms with Crippen LogP contribution in [0.4, 0.5) is 8.78 Å². The second-order valence-electron chi connectivity index (χ2n) is 2.97. The van der Waals surface area contributed by atoms with E-state index in [0.29, 0.717) is 5.56 Å². The van der Waals surface area contributed by atoms with Crippen LogP contribution in [0.25, 0.3) is 0 Å². The van der Waals surface area contributed by atoms with Gasteiger partial charge in [-0.3, -0.25) is 4.79 Å². The van der Waals surface area contributed by atoms with E-state index in [0.717, 1.165) is 6.20 Å². The Morgan fingerprint density at radius 2 is 2.19 bits per heavy atom. The summed E-state index contributed by atoms with van der Waals surface area (Å²) in [5, 5.41) is 8.88. The van der Waals surface area contributed by atoms with Gasteiger partial charge in [-0.25, -0.2) is 13.8 Å². The Balaban J connectivity index is 3.34. The van der Waals surface area contributed by atoms with Crippen LogP contribution in [-0.4, -0.2) is 16.1 Å². The molecule has 7 heteroatoms. The highest BCUT2D eigenvalue weighted by Gasteiger charge is 2.20. The SMILES string of the molecule is O=C(O)Cc1c(C(F)F)cnc(Cl)c1CBr. The molecule has 0 aliphatic heterocycles. The molecule has 3 nitrogen and oxygen atoms in total. The second-order valence-corrected chi connectivity index (χ2v) is 3.89. The van der Waals surface area contributed by atoms with E-state index in [1.165, 1.54) is 0 Å². The molecule has 1 rings (SSSR count). The summed E-state index contributed by atoms with van der Waals surface area (Å²) in [4.78, 5) is 14.2. The number of nitrogens with zero attached hydrogens (tertiary/aromatic N) is 1. The molecular formula is C9H7BrClF2NO2. The van der Waals surface area contributed by atoms with Gasteiger partial charge >= 0.3 is 5.97 Å². The maximum atomic E-state index is 12.6. The summed E-state index contributed by atoms with van der Waals surface area (Å²) in [6.45, 7) is 0. The lowest BCUT2D eigenvalue weighted by Gasteiger charge is -2.12. The highest BCUT2D eigenvalue weighted by Crippen LogP contribution is 2.30. The molecule has 0 aromatic carbocycles. The fourth-order valence-electron chi connectivity index (χ4n) is 1.26. The van der Waals surface area contributed by atoms with Crippen LogP contribution in [0.5, 0.6) is 0 Å². The first-order valence-corrected chi connectivity index (χ1v) is 5.69. The lowest BCUT2D eigenvalue weighted by molar-refractivity contribution is -0.136. The standard InChI is InChI=1S/C9H7BrClF2NO2/c10-2-5-4(1-7(15)16)6(9(12)13)3-14-8(5)11/h3,9H,1-2H2,(H,15,16). The van der Waals surface area contributed by atoms with Gasteiger partial charge in [-0.2, -0.15) is 0 Å². The van der Waals surface area contributed by atoms with E-state index in [2.05, 4.69) is 20.9 Å². The molecule has 0 saturated heterocycles. The molecule has 88 valence electrons. The number of carbonyl (C=O) groups is 1. The van der Waals surface area contributed by atoms with Crippen molar-refractivity contribution < 1.29 is 18.7 Å². The third-order valence-corrected chi connectivity index (χ3v) is 2.86. The predicted molar refractivity (Wildman–Crippen MR) is 58.2 cm³/mol. The molecule has 0 atom stereocenters. The zero-order valence-electron chi connectivity index (χ0n) is 7.88. The van der Waals surface area contributed by atoms with Gasteiger partial charge in [-0.05, 0) is 5.56 Å². The number of halogens is 4. The van der Waals surface area contributed by atoms with Gasteiger partial charge in [0.15, 0.2) is 0 Å². The first kappa shape index (κ1) is 13.3. The third kappa shape index (κ3) is 2.89. The number of hydrogen-bond acceptors (Lipinski definition) is 2. The number of hydrogen-bond donors (Lipinski definition) is 1. The van der Waals surface area contributed by atoms with Crippen molar-refractivity contribution >= 4 is 33.5 Å².